The first-order valence-corrected chi connectivity index (χ1v) is 11.8. The molecule has 0 aliphatic heterocycles. The number of nitrogens with one attached hydrogen (secondary N) is 1. The summed E-state index contributed by atoms with van der Waals surface area (Å²) < 4.78 is 0. The van der Waals surface area contributed by atoms with Gasteiger partial charge in [-0.25, -0.2) is 0 Å². The summed E-state index contributed by atoms with van der Waals surface area (Å²) in [7, 11) is 0. The van der Waals surface area contributed by atoms with Crippen molar-refractivity contribution in [3.05, 3.63) is 24.5 Å². The minimum Gasteiger partial charge on any atom is -0.384 e. The molecule has 0 spiro atoms. The van der Waals surface area contributed by atoms with Crippen LogP contribution in [0.3, 0.4) is 0 Å². The van der Waals surface area contributed by atoms with Gasteiger partial charge in [0.05, 0.1) is 5.69 Å². The van der Waals surface area contributed by atoms with Crippen molar-refractivity contribution in [1.29, 1.82) is 0 Å². The standard InChI is InChI=1S/C25H38N2/c1-17-5-8-21-18(14-17)6-9-23-22(21)11-12-25(2)19(7-10-24(23)25)15-27-20-4-3-13-26-16-20/h3-4,13,16-19,21-24,27H,5-12,14-15H2,1-2H3/t17-,18+,19+,21-,22?,23+,24?,25+/m0/s1. The van der Waals surface area contributed by atoms with Gasteiger partial charge in [-0.3, -0.25) is 4.98 Å². The first-order valence-electron chi connectivity index (χ1n) is 11.8. The number of rotatable bonds is 3. The molecule has 2 nitrogen and oxygen atoms in total. The van der Waals surface area contributed by atoms with Crippen molar-refractivity contribution in [2.45, 2.75) is 71.6 Å². The van der Waals surface area contributed by atoms with E-state index in [0.29, 0.717) is 5.41 Å². The Morgan fingerprint density at radius 1 is 1.04 bits per heavy atom. The highest BCUT2D eigenvalue weighted by Crippen LogP contribution is 2.64. The molecule has 5 rings (SSSR count). The Morgan fingerprint density at radius 2 is 1.93 bits per heavy atom. The first-order chi connectivity index (χ1) is 13.1. The average Bonchev–Trinajstić information content (AvgIpc) is 3.03. The molecule has 4 aliphatic carbocycles. The Labute approximate surface area is 165 Å². The third-order valence-corrected chi connectivity index (χ3v) is 9.63. The van der Waals surface area contributed by atoms with E-state index in [9.17, 15) is 0 Å². The van der Waals surface area contributed by atoms with Gasteiger partial charge in [0, 0.05) is 18.9 Å². The molecular weight excluding hydrogens is 328 g/mol. The summed E-state index contributed by atoms with van der Waals surface area (Å²) in [5.74, 6) is 7.10. The van der Waals surface area contributed by atoms with Gasteiger partial charge >= 0.3 is 0 Å². The van der Waals surface area contributed by atoms with E-state index in [1.165, 1.54) is 44.2 Å². The maximum Gasteiger partial charge on any atom is 0.0526 e. The maximum absolute atomic E-state index is 4.26. The number of aromatic nitrogens is 1. The molecule has 0 radical (unpaired) electrons. The molecule has 2 heteroatoms. The monoisotopic (exact) mass is 366 g/mol. The van der Waals surface area contributed by atoms with Crippen LogP contribution in [-0.4, -0.2) is 11.5 Å². The van der Waals surface area contributed by atoms with Gasteiger partial charge in [0.25, 0.3) is 0 Å². The van der Waals surface area contributed by atoms with Crippen LogP contribution in [0.15, 0.2) is 24.5 Å². The molecular formula is C25H38N2. The fourth-order valence-corrected chi connectivity index (χ4v) is 8.24. The lowest BCUT2D eigenvalue weighted by Crippen LogP contribution is -2.49. The van der Waals surface area contributed by atoms with Gasteiger partial charge in [-0.15, -0.1) is 0 Å². The number of hydrogen-bond donors (Lipinski definition) is 1. The van der Waals surface area contributed by atoms with E-state index in [4.69, 9.17) is 0 Å². The Hall–Kier alpha value is -1.05. The summed E-state index contributed by atoms with van der Waals surface area (Å²) in [5, 5.41) is 3.70. The molecule has 27 heavy (non-hydrogen) atoms. The molecule has 4 aliphatic rings. The Bertz CT molecular complexity index is 643. The van der Waals surface area contributed by atoms with Crippen LogP contribution in [0.4, 0.5) is 5.69 Å². The highest BCUT2D eigenvalue weighted by molar-refractivity contribution is 5.39. The lowest BCUT2D eigenvalue weighted by molar-refractivity contribution is -0.0656. The van der Waals surface area contributed by atoms with E-state index in [2.05, 4.69) is 30.2 Å². The average molecular weight is 367 g/mol. The fraction of sp³-hybridized carbons (Fsp3) is 0.800. The minimum atomic E-state index is 0.575. The van der Waals surface area contributed by atoms with Gasteiger partial charge in [0.1, 0.15) is 0 Å². The SMILES string of the molecule is C[C@H]1CC[C@@H]2C3CC[C@@]4(C)C(CC[C@@H]4CNc4cccnc4)[C@@H]3CC[C@@H]2C1. The van der Waals surface area contributed by atoms with E-state index < -0.39 is 0 Å². The Balaban J connectivity index is 1.28. The second-order valence-electron chi connectivity index (χ2n) is 10.8. The normalized spacial score (nSPS) is 46.2. The minimum absolute atomic E-state index is 0.575. The zero-order valence-corrected chi connectivity index (χ0v) is 17.4. The number of pyridine rings is 1. The third kappa shape index (κ3) is 3.12. The summed E-state index contributed by atoms with van der Waals surface area (Å²) in [6, 6.07) is 4.19. The summed E-state index contributed by atoms with van der Waals surface area (Å²) >= 11 is 0. The van der Waals surface area contributed by atoms with Crippen LogP contribution < -0.4 is 5.32 Å². The molecule has 0 amide bonds. The van der Waals surface area contributed by atoms with E-state index in [0.717, 1.165) is 48.0 Å². The van der Waals surface area contributed by atoms with Crippen molar-refractivity contribution in [1.82, 2.24) is 4.98 Å². The van der Waals surface area contributed by atoms with E-state index in [-0.39, 0.29) is 0 Å². The van der Waals surface area contributed by atoms with Crippen molar-refractivity contribution in [3.8, 4) is 0 Å². The molecule has 4 saturated carbocycles. The lowest BCUT2D eigenvalue weighted by atomic mass is 9.49. The van der Waals surface area contributed by atoms with Crippen molar-refractivity contribution in [2.24, 2.45) is 46.8 Å². The van der Waals surface area contributed by atoms with E-state index >= 15 is 0 Å². The highest BCUT2D eigenvalue weighted by atomic mass is 14.9. The molecule has 1 heterocycles. The smallest absolute Gasteiger partial charge is 0.0526 e. The van der Waals surface area contributed by atoms with Crippen LogP contribution in [0.2, 0.25) is 0 Å². The summed E-state index contributed by atoms with van der Waals surface area (Å²) in [5.41, 5.74) is 1.76. The molecule has 1 N–H and O–H groups in total. The van der Waals surface area contributed by atoms with Gasteiger partial charge < -0.3 is 5.32 Å². The molecule has 0 saturated heterocycles. The predicted molar refractivity (Wildman–Crippen MR) is 112 cm³/mol. The van der Waals surface area contributed by atoms with Crippen LogP contribution in [0, 0.1) is 46.8 Å². The number of anilines is 1. The molecule has 1 aromatic rings. The van der Waals surface area contributed by atoms with Crippen molar-refractivity contribution >= 4 is 5.69 Å². The van der Waals surface area contributed by atoms with Crippen LogP contribution in [0.1, 0.15) is 71.6 Å². The zero-order chi connectivity index (χ0) is 18.4. The molecule has 0 bridgehead atoms. The molecule has 0 aromatic carbocycles. The third-order valence-electron chi connectivity index (χ3n) is 9.63. The van der Waals surface area contributed by atoms with E-state index in [1.807, 2.05) is 18.5 Å². The van der Waals surface area contributed by atoms with E-state index in [1.54, 1.807) is 19.3 Å². The van der Waals surface area contributed by atoms with Crippen molar-refractivity contribution in [3.63, 3.8) is 0 Å². The second kappa shape index (κ2) is 7.08. The van der Waals surface area contributed by atoms with Crippen LogP contribution in [0.25, 0.3) is 0 Å². The van der Waals surface area contributed by atoms with Crippen LogP contribution in [0.5, 0.6) is 0 Å². The largest absolute Gasteiger partial charge is 0.384 e. The quantitative estimate of drug-likeness (QED) is 0.669. The summed E-state index contributed by atoms with van der Waals surface area (Å²) in [4.78, 5) is 4.26. The van der Waals surface area contributed by atoms with Gasteiger partial charge in [0.2, 0.25) is 0 Å². The Kier molecular flexibility index (Phi) is 4.72. The van der Waals surface area contributed by atoms with Gasteiger partial charge in [-0.1, -0.05) is 20.3 Å². The Morgan fingerprint density at radius 3 is 2.78 bits per heavy atom. The number of fused-ring (bicyclic) bond motifs is 5. The maximum atomic E-state index is 4.26. The van der Waals surface area contributed by atoms with Crippen LogP contribution in [-0.2, 0) is 0 Å². The van der Waals surface area contributed by atoms with Crippen molar-refractivity contribution in [2.75, 3.05) is 11.9 Å². The van der Waals surface area contributed by atoms with Crippen molar-refractivity contribution < 1.29 is 0 Å². The molecule has 8 atom stereocenters. The van der Waals surface area contributed by atoms with Crippen LogP contribution >= 0.6 is 0 Å². The first kappa shape index (κ1) is 18.0. The molecule has 1 aromatic heterocycles. The van der Waals surface area contributed by atoms with Gasteiger partial charge in [-0.05, 0) is 110 Å². The highest BCUT2D eigenvalue weighted by Gasteiger charge is 2.56. The van der Waals surface area contributed by atoms with Gasteiger partial charge in [0.15, 0.2) is 0 Å². The second-order valence-corrected chi connectivity index (χ2v) is 10.8. The predicted octanol–water partition coefficient (Wildman–Crippen LogP) is 6.40. The summed E-state index contributed by atoms with van der Waals surface area (Å²) in [6.45, 7) is 6.29. The topological polar surface area (TPSA) is 24.9 Å². The number of nitrogens with zero attached hydrogens (tertiary/aromatic N) is 1. The zero-order valence-electron chi connectivity index (χ0n) is 17.4. The summed E-state index contributed by atoms with van der Waals surface area (Å²) in [6.07, 6.45) is 17.4. The fourth-order valence-electron chi connectivity index (χ4n) is 8.24. The molecule has 148 valence electrons. The lowest BCUT2D eigenvalue weighted by Gasteiger charge is -2.56. The molecule has 2 unspecified atom stereocenters. The van der Waals surface area contributed by atoms with Gasteiger partial charge in [-0.2, -0.15) is 0 Å². The number of hydrogen-bond acceptors (Lipinski definition) is 2. The molecule has 4 fully saturated rings.